The summed E-state index contributed by atoms with van der Waals surface area (Å²) in [5.74, 6) is -1.00. The molecule has 0 aliphatic rings. The molecule has 1 nitrogen and oxygen atoms in total. The molecule has 5 heteroatoms. The standard InChI is InChI=1S/C8H6F4O/c9-7-2-5(4-13)1-6(3-7)8(10,11)12/h1-3,13H,4H2. The van der Waals surface area contributed by atoms with Crippen LogP contribution in [0.3, 0.4) is 0 Å². The van der Waals surface area contributed by atoms with Gasteiger partial charge >= 0.3 is 6.18 Å². The van der Waals surface area contributed by atoms with E-state index in [0.29, 0.717) is 12.1 Å². The van der Waals surface area contributed by atoms with Crippen LogP contribution in [-0.4, -0.2) is 5.11 Å². The molecule has 1 N–H and O–H groups in total. The number of aliphatic hydroxyl groups excluding tert-OH is 1. The molecule has 72 valence electrons. The van der Waals surface area contributed by atoms with E-state index in [2.05, 4.69) is 0 Å². The summed E-state index contributed by atoms with van der Waals surface area (Å²) in [6.45, 7) is -0.610. The summed E-state index contributed by atoms with van der Waals surface area (Å²) >= 11 is 0. The van der Waals surface area contributed by atoms with Gasteiger partial charge in [0.05, 0.1) is 12.2 Å². The lowest BCUT2D eigenvalue weighted by molar-refractivity contribution is -0.137. The van der Waals surface area contributed by atoms with E-state index in [0.717, 1.165) is 6.07 Å². The molecule has 13 heavy (non-hydrogen) atoms. The maximum absolute atomic E-state index is 12.5. The Labute approximate surface area is 71.6 Å². The molecule has 0 bridgehead atoms. The van der Waals surface area contributed by atoms with Crippen LogP contribution in [-0.2, 0) is 12.8 Å². The highest BCUT2D eigenvalue weighted by Crippen LogP contribution is 2.30. The zero-order chi connectivity index (χ0) is 10.1. The number of halogens is 4. The van der Waals surface area contributed by atoms with E-state index < -0.39 is 24.2 Å². The van der Waals surface area contributed by atoms with E-state index in [1.165, 1.54) is 0 Å². The molecule has 0 atom stereocenters. The summed E-state index contributed by atoms with van der Waals surface area (Å²) in [5, 5.41) is 8.52. The van der Waals surface area contributed by atoms with E-state index in [-0.39, 0.29) is 5.56 Å². The molecule has 0 aromatic heterocycles. The maximum atomic E-state index is 12.5. The summed E-state index contributed by atoms with van der Waals surface area (Å²) in [6, 6.07) is 1.96. The van der Waals surface area contributed by atoms with Crippen LogP contribution >= 0.6 is 0 Å². The fraction of sp³-hybridized carbons (Fsp3) is 0.250. The third-order valence-electron chi connectivity index (χ3n) is 1.47. The Morgan fingerprint density at radius 2 is 1.77 bits per heavy atom. The molecule has 0 saturated carbocycles. The van der Waals surface area contributed by atoms with Crippen molar-refractivity contribution in [3.05, 3.63) is 35.1 Å². The van der Waals surface area contributed by atoms with Crippen LogP contribution in [0.25, 0.3) is 0 Å². The first-order chi connectivity index (χ1) is 5.93. The van der Waals surface area contributed by atoms with E-state index in [1.807, 2.05) is 0 Å². The molecule has 1 aromatic rings. The predicted molar refractivity (Wildman–Crippen MR) is 37.3 cm³/mol. The van der Waals surface area contributed by atoms with E-state index in [1.54, 1.807) is 0 Å². The summed E-state index contributed by atoms with van der Waals surface area (Å²) in [5.41, 5.74) is -1.18. The summed E-state index contributed by atoms with van der Waals surface area (Å²) in [6.07, 6.45) is -4.58. The fourth-order valence-corrected chi connectivity index (χ4v) is 0.905. The molecule has 0 aliphatic heterocycles. The van der Waals surface area contributed by atoms with Gasteiger partial charge in [-0.25, -0.2) is 4.39 Å². The molecule has 0 amide bonds. The van der Waals surface area contributed by atoms with Crippen molar-refractivity contribution >= 4 is 0 Å². The molecule has 0 saturated heterocycles. The van der Waals surface area contributed by atoms with Gasteiger partial charge in [0.1, 0.15) is 5.82 Å². The third kappa shape index (κ3) is 2.42. The van der Waals surface area contributed by atoms with Gasteiger partial charge in [-0.15, -0.1) is 0 Å². The lowest BCUT2D eigenvalue weighted by Gasteiger charge is -2.07. The minimum absolute atomic E-state index is 0.0904. The highest BCUT2D eigenvalue weighted by atomic mass is 19.4. The average molecular weight is 194 g/mol. The molecule has 0 radical (unpaired) electrons. The van der Waals surface area contributed by atoms with Gasteiger partial charge in [-0.2, -0.15) is 13.2 Å². The first kappa shape index (κ1) is 9.98. The van der Waals surface area contributed by atoms with Crippen LogP contribution < -0.4 is 0 Å². The van der Waals surface area contributed by atoms with Gasteiger partial charge in [-0.3, -0.25) is 0 Å². The zero-order valence-electron chi connectivity index (χ0n) is 6.40. The molecule has 0 unspecified atom stereocenters. The van der Waals surface area contributed by atoms with Crippen molar-refractivity contribution in [2.75, 3.05) is 0 Å². The summed E-state index contributed by atoms with van der Waals surface area (Å²) in [7, 11) is 0. The quantitative estimate of drug-likeness (QED) is 0.680. The molecular weight excluding hydrogens is 188 g/mol. The van der Waals surface area contributed by atoms with Crippen molar-refractivity contribution in [3.8, 4) is 0 Å². The monoisotopic (exact) mass is 194 g/mol. The SMILES string of the molecule is OCc1cc(F)cc(C(F)(F)F)c1. The largest absolute Gasteiger partial charge is 0.416 e. The lowest BCUT2D eigenvalue weighted by Crippen LogP contribution is -2.06. The van der Waals surface area contributed by atoms with Crippen molar-refractivity contribution in [2.24, 2.45) is 0 Å². The molecule has 0 heterocycles. The molecular formula is C8H6F4O. The Kier molecular flexibility index (Phi) is 2.56. The van der Waals surface area contributed by atoms with Gasteiger partial charge in [-0.05, 0) is 23.8 Å². The Morgan fingerprint density at radius 3 is 2.23 bits per heavy atom. The molecule has 0 aliphatic carbocycles. The van der Waals surface area contributed by atoms with E-state index >= 15 is 0 Å². The molecule has 0 fully saturated rings. The fourth-order valence-electron chi connectivity index (χ4n) is 0.905. The maximum Gasteiger partial charge on any atom is 0.416 e. The second kappa shape index (κ2) is 3.33. The summed E-state index contributed by atoms with van der Waals surface area (Å²) in [4.78, 5) is 0. The minimum Gasteiger partial charge on any atom is -0.392 e. The Hall–Kier alpha value is -1.10. The van der Waals surface area contributed by atoms with Crippen molar-refractivity contribution in [3.63, 3.8) is 0 Å². The normalized spacial score (nSPS) is 11.8. The molecule has 1 aromatic carbocycles. The van der Waals surface area contributed by atoms with Crippen LogP contribution in [0.15, 0.2) is 18.2 Å². The smallest absolute Gasteiger partial charge is 0.392 e. The topological polar surface area (TPSA) is 20.2 Å². The van der Waals surface area contributed by atoms with Crippen LogP contribution in [0.5, 0.6) is 0 Å². The number of benzene rings is 1. The van der Waals surface area contributed by atoms with Crippen molar-refractivity contribution in [1.29, 1.82) is 0 Å². The lowest BCUT2D eigenvalue weighted by atomic mass is 10.1. The number of rotatable bonds is 1. The second-order valence-electron chi connectivity index (χ2n) is 2.50. The van der Waals surface area contributed by atoms with Crippen molar-refractivity contribution < 1.29 is 22.7 Å². The Balaban J connectivity index is 3.16. The Morgan fingerprint density at radius 1 is 1.15 bits per heavy atom. The third-order valence-corrected chi connectivity index (χ3v) is 1.47. The highest BCUT2D eigenvalue weighted by Gasteiger charge is 2.31. The van der Waals surface area contributed by atoms with Gasteiger partial charge in [-0.1, -0.05) is 0 Å². The minimum atomic E-state index is -4.58. The van der Waals surface area contributed by atoms with Gasteiger partial charge in [0.2, 0.25) is 0 Å². The van der Waals surface area contributed by atoms with Crippen LogP contribution in [0, 0.1) is 5.82 Å². The van der Waals surface area contributed by atoms with Gasteiger partial charge < -0.3 is 5.11 Å². The van der Waals surface area contributed by atoms with Gasteiger partial charge in [0.15, 0.2) is 0 Å². The number of alkyl halides is 3. The highest BCUT2D eigenvalue weighted by molar-refractivity contribution is 5.26. The first-order valence-electron chi connectivity index (χ1n) is 3.41. The Bertz CT molecular complexity index is 306. The van der Waals surface area contributed by atoms with Crippen molar-refractivity contribution in [1.82, 2.24) is 0 Å². The first-order valence-corrected chi connectivity index (χ1v) is 3.41. The number of hydrogen-bond acceptors (Lipinski definition) is 1. The van der Waals surface area contributed by atoms with Gasteiger partial charge in [0.25, 0.3) is 0 Å². The van der Waals surface area contributed by atoms with E-state index in [4.69, 9.17) is 5.11 Å². The molecule has 0 spiro atoms. The van der Waals surface area contributed by atoms with Crippen LogP contribution in [0.2, 0.25) is 0 Å². The van der Waals surface area contributed by atoms with Gasteiger partial charge in [0, 0.05) is 0 Å². The van der Waals surface area contributed by atoms with Crippen molar-refractivity contribution in [2.45, 2.75) is 12.8 Å². The number of aliphatic hydroxyl groups is 1. The second-order valence-corrected chi connectivity index (χ2v) is 2.50. The zero-order valence-corrected chi connectivity index (χ0v) is 6.40. The number of hydrogen-bond donors (Lipinski definition) is 1. The summed E-state index contributed by atoms with van der Waals surface area (Å²) < 4.78 is 48.6. The molecule has 1 rings (SSSR count). The van der Waals surface area contributed by atoms with Crippen LogP contribution in [0.4, 0.5) is 17.6 Å². The average Bonchev–Trinajstić information content (AvgIpc) is 2.01. The van der Waals surface area contributed by atoms with E-state index in [9.17, 15) is 17.6 Å². The predicted octanol–water partition coefficient (Wildman–Crippen LogP) is 2.34. The van der Waals surface area contributed by atoms with Crippen LogP contribution in [0.1, 0.15) is 11.1 Å².